The molecule has 0 spiro atoms. The van der Waals surface area contributed by atoms with Gasteiger partial charge in [0.05, 0.1) is 27.4 Å². The number of carbonyl (C=O) groups excluding carboxylic acids is 1. The van der Waals surface area contributed by atoms with Crippen LogP contribution in [0, 0.1) is 0 Å². The van der Waals surface area contributed by atoms with Crippen molar-refractivity contribution in [1.82, 2.24) is 9.97 Å². The number of pyridine rings is 1. The Labute approximate surface area is 105 Å². The quantitative estimate of drug-likeness (QED) is 0.915. The number of nitrogens with one attached hydrogen (secondary N) is 1. The van der Waals surface area contributed by atoms with Crippen molar-refractivity contribution in [3.05, 3.63) is 39.0 Å². The lowest BCUT2D eigenvalue weighted by atomic mass is 10.4. The Hall–Kier alpha value is -1.17. The summed E-state index contributed by atoms with van der Waals surface area (Å²) in [6.07, 6.45) is 2.83. The molecule has 4 nitrogen and oxygen atoms in total. The first-order chi connectivity index (χ1) is 7.68. The van der Waals surface area contributed by atoms with E-state index in [1.165, 1.54) is 23.7 Å². The Kier molecular flexibility index (Phi) is 3.38. The van der Waals surface area contributed by atoms with Gasteiger partial charge < -0.3 is 5.32 Å². The number of nitrogens with zero attached hydrogens (tertiary/aromatic N) is 2. The van der Waals surface area contributed by atoms with E-state index in [2.05, 4.69) is 15.3 Å². The Morgan fingerprint density at radius 3 is 2.88 bits per heavy atom. The van der Waals surface area contributed by atoms with Crippen LogP contribution in [0.2, 0.25) is 10.0 Å². The summed E-state index contributed by atoms with van der Waals surface area (Å²) in [5, 5.41) is 4.77. The second kappa shape index (κ2) is 4.78. The van der Waals surface area contributed by atoms with E-state index in [0.717, 1.165) is 0 Å². The summed E-state index contributed by atoms with van der Waals surface area (Å²) < 4.78 is 0. The van der Waals surface area contributed by atoms with E-state index in [1.807, 2.05) is 0 Å². The predicted molar refractivity (Wildman–Crippen MR) is 64.3 cm³/mol. The first kappa shape index (κ1) is 11.3. The molecule has 16 heavy (non-hydrogen) atoms. The molecule has 0 aliphatic carbocycles. The molecule has 2 aromatic heterocycles. The molecule has 0 unspecified atom stereocenters. The smallest absolute Gasteiger partial charge is 0.275 e. The molecule has 2 heterocycles. The molecule has 0 aromatic carbocycles. The second-order valence-electron chi connectivity index (χ2n) is 2.81. The molecule has 1 N–H and O–H groups in total. The standard InChI is InChI=1S/C9H5Cl2N3OS/c10-5-1-12-2-6(8(5)11)14-9(15)7-3-16-4-13-7/h1-4H,(H,14,15). The second-order valence-corrected chi connectivity index (χ2v) is 4.31. The van der Waals surface area contributed by atoms with E-state index in [1.54, 1.807) is 10.9 Å². The van der Waals surface area contributed by atoms with Crippen LogP contribution in [0.5, 0.6) is 0 Å². The van der Waals surface area contributed by atoms with Crippen molar-refractivity contribution in [3.8, 4) is 0 Å². The summed E-state index contributed by atoms with van der Waals surface area (Å²) in [6, 6.07) is 0. The van der Waals surface area contributed by atoms with Gasteiger partial charge in [0, 0.05) is 11.6 Å². The number of carbonyl (C=O) groups is 1. The molecule has 0 atom stereocenters. The third-order valence-electron chi connectivity index (χ3n) is 1.75. The summed E-state index contributed by atoms with van der Waals surface area (Å²) >= 11 is 13.0. The fourth-order valence-corrected chi connectivity index (χ4v) is 1.85. The Morgan fingerprint density at radius 2 is 2.19 bits per heavy atom. The van der Waals surface area contributed by atoms with Crippen LogP contribution in [0.15, 0.2) is 23.3 Å². The van der Waals surface area contributed by atoms with Gasteiger partial charge >= 0.3 is 0 Å². The highest BCUT2D eigenvalue weighted by molar-refractivity contribution is 7.07. The molecule has 0 radical (unpaired) electrons. The van der Waals surface area contributed by atoms with Crippen LogP contribution < -0.4 is 5.32 Å². The topological polar surface area (TPSA) is 54.9 Å². The lowest BCUT2D eigenvalue weighted by molar-refractivity contribution is 0.102. The SMILES string of the molecule is O=C(Nc1cncc(Cl)c1Cl)c1cscn1. The van der Waals surface area contributed by atoms with E-state index < -0.39 is 0 Å². The van der Waals surface area contributed by atoms with Crippen LogP contribution in [0.1, 0.15) is 10.5 Å². The number of hydrogen-bond donors (Lipinski definition) is 1. The number of hydrogen-bond acceptors (Lipinski definition) is 4. The summed E-state index contributed by atoms with van der Waals surface area (Å²) in [5.74, 6) is -0.341. The number of thiazole rings is 1. The maximum Gasteiger partial charge on any atom is 0.275 e. The molecule has 2 rings (SSSR count). The maximum atomic E-state index is 11.6. The Bertz CT molecular complexity index is 515. The van der Waals surface area contributed by atoms with Crippen LogP contribution in [0.3, 0.4) is 0 Å². The van der Waals surface area contributed by atoms with Crippen LogP contribution in [-0.2, 0) is 0 Å². The van der Waals surface area contributed by atoms with Crippen molar-refractivity contribution < 1.29 is 4.79 Å². The number of amides is 1. The molecule has 7 heteroatoms. The molecule has 82 valence electrons. The summed E-state index contributed by atoms with van der Waals surface area (Å²) in [7, 11) is 0. The first-order valence-electron chi connectivity index (χ1n) is 4.17. The van der Waals surface area contributed by atoms with Crippen LogP contribution in [0.25, 0.3) is 0 Å². The van der Waals surface area contributed by atoms with E-state index in [0.29, 0.717) is 11.4 Å². The van der Waals surface area contributed by atoms with Crippen molar-refractivity contribution in [2.75, 3.05) is 5.32 Å². The lowest BCUT2D eigenvalue weighted by Crippen LogP contribution is -2.12. The number of rotatable bonds is 2. The first-order valence-corrected chi connectivity index (χ1v) is 5.87. The highest BCUT2D eigenvalue weighted by Gasteiger charge is 2.11. The monoisotopic (exact) mass is 273 g/mol. The minimum absolute atomic E-state index is 0.264. The van der Waals surface area contributed by atoms with E-state index in [4.69, 9.17) is 23.2 Å². The van der Waals surface area contributed by atoms with Gasteiger partial charge in [-0.15, -0.1) is 11.3 Å². The average Bonchev–Trinajstić information content (AvgIpc) is 2.78. The van der Waals surface area contributed by atoms with Crippen molar-refractivity contribution in [1.29, 1.82) is 0 Å². The van der Waals surface area contributed by atoms with Gasteiger partial charge in [-0.3, -0.25) is 9.78 Å². The van der Waals surface area contributed by atoms with Gasteiger partial charge in [0.1, 0.15) is 5.69 Å². The molecule has 0 saturated heterocycles. The molecular formula is C9H5Cl2N3OS. The molecule has 2 aromatic rings. The Balaban J connectivity index is 2.22. The minimum atomic E-state index is -0.341. The molecule has 0 bridgehead atoms. The molecule has 0 fully saturated rings. The summed E-state index contributed by atoms with van der Waals surface area (Å²) in [4.78, 5) is 19.3. The van der Waals surface area contributed by atoms with Gasteiger partial charge in [-0.05, 0) is 0 Å². The molecular weight excluding hydrogens is 269 g/mol. The molecule has 1 amide bonds. The minimum Gasteiger partial charge on any atom is -0.318 e. The van der Waals surface area contributed by atoms with Gasteiger partial charge in [-0.25, -0.2) is 4.98 Å². The van der Waals surface area contributed by atoms with Crippen molar-refractivity contribution >= 4 is 46.1 Å². The summed E-state index contributed by atoms with van der Waals surface area (Å²) in [5.41, 5.74) is 2.28. The van der Waals surface area contributed by atoms with Gasteiger partial charge in [0.25, 0.3) is 5.91 Å². The molecule has 0 aliphatic rings. The van der Waals surface area contributed by atoms with Gasteiger partial charge in [-0.2, -0.15) is 0 Å². The zero-order chi connectivity index (χ0) is 11.5. The largest absolute Gasteiger partial charge is 0.318 e. The molecule has 0 aliphatic heterocycles. The Morgan fingerprint density at radius 1 is 1.38 bits per heavy atom. The van der Waals surface area contributed by atoms with Crippen LogP contribution in [0.4, 0.5) is 5.69 Å². The van der Waals surface area contributed by atoms with Crippen molar-refractivity contribution in [2.45, 2.75) is 0 Å². The van der Waals surface area contributed by atoms with Crippen LogP contribution >= 0.6 is 34.5 Å². The van der Waals surface area contributed by atoms with Crippen molar-refractivity contribution in [3.63, 3.8) is 0 Å². The van der Waals surface area contributed by atoms with E-state index in [9.17, 15) is 4.79 Å². The van der Waals surface area contributed by atoms with Gasteiger partial charge in [0.2, 0.25) is 0 Å². The third kappa shape index (κ3) is 2.32. The normalized spacial score (nSPS) is 10.1. The fraction of sp³-hybridized carbons (Fsp3) is 0. The molecule has 0 saturated carbocycles. The lowest BCUT2D eigenvalue weighted by Gasteiger charge is -2.05. The number of halogens is 2. The highest BCUT2D eigenvalue weighted by atomic mass is 35.5. The number of anilines is 1. The zero-order valence-electron chi connectivity index (χ0n) is 7.78. The maximum absolute atomic E-state index is 11.6. The third-order valence-corrected chi connectivity index (χ3v) is 3.13. The van der Waals surface area contributed by atoms with Crippen LogP contribution in [-0.4, -0.2) is 15.9 Å². The van der Waals surface area contributed by atoms with E-state index >= 15 is 0 Å². The predicted octanol–water partition coefficient (Wildman–Crippen LogP) is 3.10. The van der Waals surface area contributed by atoms with Crippen molar-refractivity contribution in [2.24, 2.45) is 0 Å². The average molecular weight is 274 g/mol. The highest BCUT2D eigenvalue weighted by Crippen LogP contribution is 2.28. The fourth-order valence-electron chi connectivity index (χ4n) is 1.02. The van der Waals surface area contributed by atoms with Gasteiger partial charge in [-0.1, -0.05) is 23.2 Å². The zero-order valence-corrected chi connectivity index (χ0v) is 10.1. The van der Waals surface area contributed by atoms with E-state index in [-0.39, 0.29) is 16.0 Å². The van der Waals surface area contributed by atoms with Gasteiger partial charge in [0.15, 0.2) is 0 Å². The summed E-state index contributed by atoms with van der Waals surface area (Å²) in [6.45, 7) is 0. The number of aromatic nitrogens is 2.